The van der Waals surface area contributed by atoms with Crippen molar-refractivity contribution in [3.05, 3.63) is 93.8 Å². The highest BCUT2D eigenvalue weighted by molar-refractivity contribution is 7.10. The predicted octanol–water partition coefficient (Wildman–Crippen LogP) is 5.24. The molecule has 4 aromatic rings. The fourth-order valence-corrected chi connectivity index (χ4v) is 4.60. The first-order chi connectivity index (χ1) is 15.1. The van der Waals surface area contributed by atoms with Crippen LogP contribution in [0.2, 0.25) is 0 Å². The molecule has 2 aromatic heterocycles. The molecule has 31 heavy (non-hydrogen) atoms. The second-order valence-electron chi connectivity index (χ2n) is 7.47. The SMILES string of the molecule is CC1=C(C(=O)Nc2ccccc2)C(c2cccs2)n2nc(-c3cccc(C)c3)nc2N1. The van der Waals surface area contributed by atoms with Gasteiger partial charge in [-0.05, 0) is 43.5 Å². The molecule has 1 aliphatic rings. The Kier molecular flexibility index (Phi) is 4.88. The molecule has 0 saturated heterocycles. The molecule has 5 rings (SSSR count). The Morgan fingerprint density at radius 1 is 1.06 bits per heavy atom. The summed E-state index contributed by atoms with van der Waals surface area (Å²) in [6.45, 7) is 3.95. The van der Waals surface area contributed by atoms with Gasteiger partial charge < -0.3 is 10.6 Å². The Morgan fingerprint density at radius 3 is 2.65 bits per heavy atom. The van der Waals surface area contributed by atoms with Crippen molar-refractivity contribution in [3.8, 4) is 11.4 Å². The van der Waals surface area contributed by atoms with Gasteiger partial charge in [0.25, 0.3) is 5.91 Å². The molecular formula is C24H21N5OS. The van der Waals surface area contributed by atoms with Gasteiger partial charge in [0.15, 0.2) is 5.82 Å². The second kappa shape index (κ2) is 7.85. The number of hydrogen-bond acceptors (Lipinski definition) is 5. The number of fused-ring (bicyclic) bond motifs is 1. The van der Waals surface area contributed by atoms with E-state index in [1.165, 1.54) is 0 Å². The number of nitrogens with zero attached hydrogens (tertiary/aromatic N) is 3. The highest BCUT2D eigenvalue weighted by Gasteiger charge is 2.35. The lowest BCUT2D eigenvalue weighted by atomic mass is 10.0. The number of amides is 1. The summed E-state index contributed by atoms with van der Waals surface area (Å²) in [6.07, 6.45) is 0. The van der Waals surface area contributed by atoms with Crippen LogP contribution in [0.25, 0.3) is 11.4 Å². The van der Waals surface area contributed by atoms with Crippen molar-refractivity contribution < 1.29 is 4.79 Å². The summed E-state index contributed by atoms with van der Waals surface area (Å²) >= 11 is 1.60. The molecule has 6 nitrogen and oxygen atoms in total. The van der Waals surface area contributed by atoms with Crippen molar-refractivity contribution >= 4 is 28.9 Å². The number of rotatable bonds is 4. The molecule has 154 valence electrons. The maximum atomic E-state index is 13.3. The van der Waals surface area contributed by atoms with Crippen LogP contribution in [0.1, 0.15) is 23.4 Å². The summed E-state index contributed by atoms with van der Waals surface area (Å²) in [5, 5.41) is 13.1. The number of aryl methyl sites for hydroxylation is 1. The van der Waals surface area contributed by atoms with Crippen LogP contribution >= 0.6 is 11.3 Å². The van der Waals surface area contributed by atoms with Gasteiger partial charge >= 0.3 is 0 Å². The van der Waals surface area contributed by atoms with Crippen molar-refractivity contribution in [3.63, 3.8) is 0 Å². The number of nitrogens with one attached hydrogen (secondary N) is 2. The Bertz CT molecular complexity index is 1270. The number of anilines is 2. The quantitative estimate of drug-likeness (QED) is 0.467. The molecule has 0 spiro atoms. The van der Waals surface area contributed by atoms with Gasteiger partial charge in [0.05, 0.1) is 5.57 Å². The molecule has 1 unspecified atom stereocenters. The zero-order valence-electron chi connectivity index (χ0n) is 17.2. The van der Waals surface area contributed by atoms with E-state index in [0.29, 0.717) is 17.3 Å². The number of para-hydroxylation sites is 1. The third kappa shape index (κ3) is 3.64. The molecule has 3 heterocycles. The van der Waals surface area contributed by atoms with Crippen LogP contribution < -0.4 is 10.6 Å². The van der Waals surface area contributed by atoms with Crippen LogP contribution in [0.15, 0.2) is 83.4 Å². The first-order valence-corrected chi connectivity index (χ1v) is 10.9. The molecular weight excluding hydrogens is 406 g/mol. The first-order valence-electron chi connectivity index (χ1n) is 10.0. The lowest BCUT2D eigenvalue weighted by molar-refractivity contribution is -0.113. The van der Waals surface area contributed by atoms with Gasteiger partial charge in [-0.3, -0.25) is 4.79 Å². The monoisotopic (exact) mass is 427 g/mol. The van der Waals surface area contributed by atoms with E-state index in [2.05, 4.69) is 16.7 Å². The van der Waals surface area contributed by atoms with Crippen LogP contribution in [0.4, 0.5) is 11.6 Å². The van der Waals surface area contributed by atoms with Crippen molar-refractivity contribution in [2.24, 2.45) is 0 Å². The molecule has 0 aliphatic carbocycles. The highest BCUT2D eigenvalue weighted by atomic mass is 32.1. The van der Waals surface area contributed by atoms with Gasteiger partial charge in [-0.1, -0.05) is 48.0 Å². The van der Waals surface area contributed by atoms with E-state index in [1.54, 1.807) is 11.3 Å². The minimum absolute atomic E-state index is 0.159. The number of carbonyl (C=O) groups excluding carboxylic acids is 1. The van der Waals surface area contributed by atoms with Crippen LogP contribution in [0.3, 0.4) is 0 Å². The van der Waals surface area contributed by atoms with E-state index in [0.717, 1.165) is 27.4 Å². The second-order valence-corrected chi connectivity index (χ2v) is 8.45. The van der Waals surface area contributed by atoms with Gasteiger partial charge in [-0.2, -0.15) is 4.98 Å². The molecule has 0 saturated carbocycles. The number of thiophene rings is 1. The number of carbonyl (C=O) groups is 1. The average molecular weight is 428 g/mol. The number of allylic oxidation sites excluding steroid dienone is 1. The maximum Gasteiger partial charge on any atom is 0.255 e. The summed E-state index contributed by atoms with van der Waals surface area (Å²) in [4.78, 5) is 19.1. The zero-order chi connectivity index (χ0) is 21.4. The van der Waals surface area contributed by atoms with Crippen LogP contribution in [0, 0.1) is 6.92 Å². The summed E-state index contributed by atoms with van der Waals surface area (Å²) in [6, 6.07) is 21.2. The van der Waals surface area contributed by atoms with Gasteiger partial charge in [-0.15, -0.1) is 16.4 Å². The van der Waals surface area contributed by atoms with Crippen molar-refractivity contribution in [2.45, 2.75) is 19.9 Å². The minimum atomic E-state index is -0.356. The fourth-order valence-electron chi connectivity index (χ4n) is 3.78. The molecule has 1 atom stereocenters. The third-order valence-electron chi connectivity index (χ3n) is 5.22. The van der Waals surface area contributed by atoms with Crippen molar-refractivity contribution in [2.75, 3.05) is 10.6 Å². The smallest absolute Gasteiger partial charge is 0.255 e. The lowest BCUT2D eigenvalue weighted by Crippen LogP contribution is -2.31. The third-order valence-corrected chi connectivity index (χ3v) is 6.14. The molecule has 7 heteroatoms. The van der Waals surface area contributed by atoms with Crippen LogP contribution in [0.5, 0.6) is 0 Å². The number of hydrogen-bond donors (Lipinski definition) is 2. The van der Waals surface area contributed by atoms with E-state index < -0.39 is 0 Å². The van der Waals surface area contributed by atoms with Crippen molar-refractivity contribution in [1.82, 2.24) is 14.8 Å². The van der Waals surface area contributed by atoms with E-state index in [4.69, 9.17) is 10.1 Å². The largest absolute Gasteiger partial charge is 0.328 e. The molecule has 2 aromatic carbocycles. The van der Waals surface area contributed by atoms with E-state index in [9.17, 15) is 4.79 Å². The molecule has 0 fully saturated rings. The van der Waals surface area contributed by atoms with E-state index >= 15 is 0 Å². The predicted molar refractivity (Wildman–Crippen MR) is 124 cm³/mol. The molecule has 2 N–H and O–H groups in total. The standard InChI is InChI=1S/C24H21N5OS/c1-15-8-6-9-17(14-15)22-27-24-25-16(2)20(23(30)26-18-10-4-3-5-11-18)21(29(24)28-22)19-12-7-13-31-19/h3-14,21H,1-2H3,(H,26,30)(H,25,27,28). The fraction of sp³-hybridized carbons (Fsp3) is 0.125. The normalized spacial score (nSPS) is 15.4. The Morgan fingerprint density at radius 2 is 1.90 bits per heavy atom. The van der Waals surface area contributed by atoms with Crippen LogP contribution in [-0.4, -0.2) is 20.7 Å². The van der Waals surface area contributed by atoms with Crippen molar-refractivity contribution in [1.29, 1.82) is 0 Å². The van der Waals surface area contributed by atoms with Gasteiger partial charge in [0.2, 0.25) is 5.95 Å². The number of benzene rings is 2. The Hall–Kier alpha value is -3.71. The molecule has 0 radical (unpaired) electrons. The van der Waals surface area contributed by atoms with E-state index in [-0.39, 0.29) is 11.9 Å². The molecule has 1 amide bonds. The average Bonchev–Trinajstić information content (AvgIpc) is 3.43. The zero-order valence-corrected chi connectivity index (χ0v) is 18.0. The number of aromatic nitrogens is 3. The maximum absolute atomic E-state index is 13.3. The first kappa shape index (κ1) is 19.3. The van der Waals surface area contributed by atoms with Gasteiger partial charge in [-0.25, -0.2) is 4.68 Å². The van der Waals surface area contributed by atoms with E-state index in [1.807, 2.05) is 84.6 Å². The van der Waals surface area contributed by atoms with Gasteiger partial charge in [0, 0.05) is 21.8 Å². The lowest BCUT2D eigenvalue weighted by Gasteiger charge is -2.27. The summed E-state index contributed by atoms with van der Waals surface area (Å²) in [7, 11) is 0. The Labute approximate surface area is 184 Å². The highest BCUT2D eigenvalue weighted by Crippen LogP contribution is 2.38. The topological polar surface area (TPSA) is 71.8 Å². The van der Waals surface area contributed by atoms with Gasteiger partial charge in [0.1, 0.15) is 6.04 Å². The Balaban J connectivity index is 1.58. The summed E-state index contributed by atoms with van der Waals surface area (Å²) in [5.41, 5.74) is 4.23. The molecule has 0 bridgehead atoms. The molecule has 1 aliphatic heterocycles. The summed E-state index contributed by atoms with van der Waals surface area (Å²) < 4.78 is 1.82. The minimum Gasteiger partial charge on any atom is -0.328 e. The van der Waals surface area contributed by atoms with Crippen LogP contribution in [-0.2, 0) is 4.79 Å². The summed E-state index contributed by atoms with van der Waals surface area (Å²) in [5.74, 6) is 1.10.